The molecule has 3 heterocycles. The van der Waals surface area contributed by atoms with Crippen LogP contribution in [0.25, 0.3) is 22.0 Å². The Balaban J connectivity index is 1.75. The maximum absolute atomic E-state index is 14.4. The number of aromatic nitrogens is 4. The summed E-state index contributed by atoms with van der Waals surface area (Å²) in [6.07, 6.45) is 2.95. The summed E-state index contributed by atoms with van der Waals surface area (Å²) < 4.78 is 16.3. The van der Waals surface area contributed by atoms with E-state index >= 15 is 0 Å². The first-order chi connectivity index (χ1) is 12.5. The molecule has 5 nitrogen and oxygen atoms in total. The average molecular weight is 347 g/mol. The van der Waals surface area contributed by atoms with E-state index in [1.165, 1.54) is 6.20 Å². The second-order valence-corrected chi connectivity index (χ2v) is 6.33. The van der Waals surface area contributed by atoms with Crippen molar-refractivity contribution < 1.29 is 4.39 Å². The van der Waals surface area contributed by atoms with E-state index in [1.54, 1.807) is 12.3 Å². The second kappa shape index (κ2) is 6.22. The van der Waals surface area contributed by atoms with Crippen LogP contribution < -0.4 is 5.32 Å². The molecule has 4 aromatic rings. The first-order valence-electron chi connectivity index (χ1n) is 8.30. The monoisotopic (exact) mass is 347 g/mol. The van der Waals surface area contributed by atoms with Gasteiger partial charge in [-0.1, -0.05) is 6.07 Å². The lowest BCUT2D eigenvalue weighted by molar-refractivity contribution is 0.625. The molecule has 0 bridgehead atoms. The summed E-state index contributed by atoms with van der Waals surface area (Å²) in [5, 5.41) is 8.58. The first-order valence-corrected chi connectivity index (χ1v) is 8.30. The van der Waals surface area contributed by atoms with Crippen molar-refractivity contribution in [1.29, 1.82) is 0 Å². The van der Waals surface area contributed by atoms with Gasteiger partial charge in [0, 0.05) is 29.9 Å². The third-order valence-corrected chi connectivity index (χ3v) is 4.47. The van der Waals surface area contributed by atoms with Crippen LogP contribution in [0.15, 0.2) is 48.8 Å². The molecular weight excluding hydrogens is 329 g/mol. The molecule has 0 saturated heterocycles. The van der Waals surface area contributed by atoms with Crippen LogP contribution in [0.1, 0.15) is 11.3 Å². The second-order valence-electron chi connectivity index (χ2n) is 6.33. The van der Waals surface area contributed by atoms with Gasteiger partial charge in [-0.05, 0) is 55.3 Å². The van der Waals surface area contributed by atoms with E-state index in [9.17, 15) is 4.39 Å². The van der Waals surface area contributed by atoms with Crippen molar-refractivity contribution >= 4 is 22.5 Å². The fourth-order valence-electron chi connectivity index (χ4n) is 2.96. The molecule has 26 heavy (non-hydrogen) atoms. The summed E-state index contributed by atoms with van der Waals surface area (Å²) >= 11 is 0. The third kappa shape index (κ3) is 2.90. The minimum atomic E-state index is -0.367. The summed E-state index contributed by atoms with van der Waals surface area (Å²) in [7, 11) is 1.90. The Labute approximate surface area is 150 Å². The molecule has 0 aliphatic rings. The number of hydrogen-bond acceptors (Lipinski definition) is 4. The van der Waals surface area contributed by atoms with Crippen LogP contribution in [0.2, 0.25) is 0 Å². The minimum Gasteiger partial charge on any atom is -0.325 e. The molecular formula is C20H18FN5. The summed E-state index contributed by atoms with van der Waals surface area (Å²) in [5.41, 5.74) is 4.29. The van der Waals surface area contributed by atoms with Gasteiger partial charge in [-0.3, -0.25) is 4.68 Å². The van der Waals surface area contributed by atoms with E-state index in [0.717, 1.165) is 27.7 Å². The van der Waals surface area contributed by atoms with Gasteiger partial charge in [0.05, 0.1) is 11.7 Å². The van der Waals surface area contributed by atoms with Gasteiger partial charge in [-0.25, -0.2) is 14.4 Å². The van der Waals surface area contributed by atoms with Crippen molar-refractivity contribution in [2.24, 2.45) is 7.05 Å². The molecule has 0 aliphatic carbocycles. The fourth-order valence-corrected chi connectivity index (χ4v) is 2.96. The van der Waals surface area contributed by atoms with Crippen molar-refractivity contribution in [3.63, 3.8) is 0 Å². The Hall–Kier alpha value is -3.28. The van der Waals surface area contributed by atoms with Crippen LogP contribution >= 0.6 is 0 Å². The van der Waals surface area contributed by atoms with Gasteiger partial charge in [0.2, 0.25) is 0 Å². The molecule has 0 spiro atoms. The number of fused-ring (bicyclic) bond motifs is 1. The highest BCUT2D eigenvalue weighted by Gasteiger charge is 2.11. The van der Waals surface area contributed by atoms with Gasteiger partial charge in [0.1, 0.15) is 17.5 Å². The van der Waals surface area contributed by atoms with E-state index in [2.05, 4.69) is 20.4 Å². The number of benzene rings is 1. The average Bonchev–Trinajstić information content (AvgIpc) is 2.91. The van der Waals surface area contributed by atoms with E-state index in [1.807, 2.05) is 55.9 Å². The molecule has 3 aromatic heterocycles. The molecule has 4 rings (SSSR count). The fraction of sp³-hybridized carbons (Fsp3) is 0.150. The number of nitrogens with zero attached hydrogens (tertiary/aromatic N) is 4. The van der Waals surface area contributed by atoms with Crippen molar-refractivity contribution in [2.75, 3.05) is 5.32 Å². The topological polar surface area (TPSA) is 55.6 Å². The smallest absolute Gasteiger partial charge is 0.149 e. The number of rotatable bonds is 3. The number of halogens is 1. The maximum atomic E-state index is 14.4. The van der Waals surface area contributed by atoms with Gasteiger partial charge < -0.3 is 5.32 Å². The van der Waals surface area contributed by atoms with Crippen molar-refractivity contribution in [3.8, 4) is 11.1 Å². The predicted octanol–water partition coefficient (Wildman–Crippen LogP) is 4.53. The predicted molar refractivity (Wildman–Crippen MR) is 101 cm³/mol. The summed E-state index contributed by atoms with van der Waals surface area (Å²) in [6.45, 7) is 3.99. The summed E-state index contributed by atoms with van der Waals surface area (Å²) in [5.74, 6) is 0.852. The number of pyridine rings is 2. The Morgan fingerprint density at radius 2 is 1.81 bits per heavy atom. The Morgan fingerprint density at radius 1 is 1.00 bits per heavy atom. The SMILES string of the molecule is Cc1ccnc(Nc2cc(-c3ccc4nn(C)c(C)c4c3)c(F)cn2)c1. The van der Waals surface area contributed by atoms with E-state index in [4.69, 9.17) is 0 Å². The number of hydrogen-bond donors (Lipinski definition) is 1. The van der Waals surface area contributed by atoms with Gasteiger partial charge in [0.25, 0.3) is 0 Å². The summed E-state index contributed by atoms with van der Waals surface area (Å²) in [4.78, 5) is 8.39. The summed E-state index contributed by atoms with van der Waals surface area (Å²) in [6, 6.07) is 11.3. The zero-order chi connectivity index (χ0) is 18.3. The van der Waals surface area contributed by atoms with Crippen molar-refractivity contribution in [1.82, 2.24) is 19.7 Å². The highest BCUT2D eigenvalue weighted by molar-refractivity contribution is 5.87. The molecule has 130 valence electrons. The van der Waals surface area contributed by atoms with E-state index in [-0.39, 0.29) is 5.82 Å². The van der Waals surface area contributed by atoms with Crippen molar-refractivity contribution in [2.45, 2.75) is 13.8 Å². The normalized spacial score (nSPS) is 11.1. The van der Waals surface area contributed by atoms with Crippen LogP contribution in [-0.4, -0.2) is 19.7 Å². The largest absolute Gasteiger partial charge is 0.325 e. The molecule has 0 saturated carbocycles. The Kier molecular flexibility index (Phi) is 3.88. The number of nitrogens with one attached hydrogen (secondary N) is 1. The molecule has 0 aliphatic heterocycles. The highest BCUT2D eigenvalue weighted by atomic mass is 19.1. The zero-order valence-corrected chi connectivity index (χ0v) is 14.8. The molecule has 0 unspecified atom stereocenters. The highest BCUT2D eigenvalue weighted by Crippen LogP contribution is 2.29. The molecule has 6 heteroatoms. The molecule has 0 radical (unpaired) electrons. The third-order valence-electron chi connectivity index (χ3n) is 4.47. The Morgan fingerprint density at radius 3 is 2.62 bits per heavy atom. The van der Waals surface area contributed by atoms with Gasteiger partial charge in [-0.2, -0.15) is 5.10 Å². The molecule has 1 N–H and O–H groups in total. The maximum Gasteiger partial charge on any atom is 0.149 e. The van der Waals surface area contributed by atoms with Crippen LogP contribution in [0.3, 0.4) is 0 Å². The quantitative estimate of drug-likeness (QED) is 0.591. The lowest BCUT2D eigenvalue weighted by Crippen LogP contribution is -1.98. The standard InChI is InChI=1S/C20H18FN5/c1-12-6-7-22-19(8-12)24-20-10-16(17(21)11-23-20)14-4-5-18-15(9-14)13(2)26(3)25-18/h4-11H,1-3H3,(H,22,23,24). The molecule has 0 fully saturated rings. The lowest BCUT2D eigenvalue weighted by Gasteiger charge is -2.09. The molecule has 1 aromatic carbocycles. The van der Waals surface area contributed by atoms with Gasteiger partial charge in [-0.15, -0.1) is 0 Å². The van der Waals surface area contributed by atoms with Crippen LogP contribution in [0.5, 0.6) is 0 Å². The minimum absolute atomic E-state index is 0.367. The van der Waals surface area contributed by atoms with Crippen LogP contribution in [0, 0.1) is 19.7 Å². The zero-order valence-electron chi connectivity index (χ0n) is 14.8. The van der Waals surface area contributed by atoms with Crippen LogP contribution in [0.4, 0.5) is 16.0 Å². The van der Waals surface area contributed by atoms with Crippen molar-refractivity contribution in [3.05, 3.63) is 65.9 Å². The first kappa shape index (κ1) is 16.2. The van der Waals surface area contributed by atoms with Gasteiger partial charge in [0.15, 0.2) is 0 Å². The molecule has 0 atom stereocenters. The van der Waals surface area contributed by atoms with Gasteiger partial charge >= 0.3 is 0 Å². The van der Waals surface area contributed by atoms with E-state index < -0.39 is 0 Å². The lowest BCUT2D eigenvalue weighted by atomic mass is 10.0. The van der Waals surface area contributed by atoms with E-state index in [0.29, 0.717) is 17.2 Å². The number of anilines is 2. The number of aryl methyl sites for hydroxylation is 3. The van der Waals surface area contributed by atoms with Crippen LogP contribution in [-0.2, 0) is 7.05 Å². The Bertz CT molecular complexity index is 1120. The molecule has 0 amide bonds.